The normalized spacial score (nSPS) is 22.3. The van der Waals surface area contributed by atoms with E-state index in [2.05, 4.69) is 4.90 Å². The Bertz CT molecular complexity index is 164. The molecule has 0 bridgehead atoms. The Hall–Kier alpha value is -0.290. The van der Waals surface area contributed by atoms with E-state index in [1.165, 1.54) is 6.42 Å². The Balaban J connectivity index is 2.19. The Labute approximate surface area is 82.2 Å². The molecule has 1 aliphatic heterocycles. The number of hydrogen-bond acceptors (Lipinski definition) is 2. The second-order valence-electron chi connectivity index (χ2n) is 3.84. The molecular formula is C9H17F3N2. The largest absolute Gasteiger partial charge is 0.403 e. The quantitative estimate of drug-likeness (QED) is 0.769. The zero-order chi connectivity index (χ0) is 10.6. The zero-order valence-electron chi connectivity index (χ0n) is 8.19. The SMILES string of the molecule is NC(CCN1CCCCC1)C(F)(F)F. The first-order chi connectivity index (χ1) is 6.50. The van der Waals surface area contributed by atoms with Gasteiger partial charge in [0.15, 0.2) is 0 Å². The van der Waals surface area contributed by atoms with E-state index in [0.29, 0.717) is 6.54 Å². The van der Waals surface area contributed by atoms with E-state index in [4.69, 9.17) is 5.73 Å². The van der Waals surface area contributed by atoms with E-state index in [1.807, 2.05) is 0 Å². The van der Waals surface area contributed by atoms with Crippen LogP contribution in [-0.4, -0.2) is 36.8 Å². The lowest BCUT2D eigenvalue weighted by atomic mass is 10.1. The van der Waals surface area contributed by atoms with E-state index in [0.717, 1.165) is 25.9 Å². The molecule has 1 heterocycles. The molecule has 2 N–H and O–H groups in total. The predicted molar refractivity (Wildman–Crippen MR) is 48.9 cm³/mol. The summed E-state index contributed by atoms with van der Waals surface area (Å²) in [5, 5.41) is 0. The second kappa shape index (κ2) is 4.98. The van der Waals surface area contributed by atoms with Gasteiger partial charge in [-0.05, 0) is 38.9 Å². The third-order valence-electron chi connectivity index (χ3n) is 2.63. The lowest BCUT2D eigenvalue weighted by Crippen LogP contribution is -2.41. The minimum Gasteiger partial charge on any atom is -0.320 e. The Morgan fingerprint density at radius 1 is 1.14 bits per heavy atom. The molecule has 0 aromatic heterocycles. The van der Waals surface area contributed by atoms with Crippen LogP contribution in [0.15, 0.2) is 0 Å². The van der Waals surface area contributed by atoms with Crippen molar-refractivity contribution in [3.8, 4) is 0 Å². The highest BCUT2D eigenvalue weighted by Gasteiger charge is 2.36. The molecule has 1 atom stereocenters. The van der Waals surface area contributed by atoms with Crippen molar-refractivity contribution >= 4 is 0 Å². The minimum atomic E-state index is -4.24. The molecule has 1 aliphatic rings. The van der Waals surface area contributed by atoms with Crippen molar-refractivity contribution in [3.63, 3.8) is 0 Å². The fraction of sp³-hybridized carbons (Fsp3) is 1.00. The first-order valence-corrected chi connectivity index (χ1v) is 5.05. The van der Waals surface area contributed by atoms with Crippen molar-refractivity contribution in [2.75, 3.05) is 19.6 Å². The second-order valence-corrected chi connectivity index (χ2v) is 3.84. The van der Waals surface area contributed by atoms with Gasteiger partial charge in [0.1, 0.15) is 6.04 Å². The number of nitrogens with zero attached hydrogens (tertiary/aromatic N) is 1. The summed E-state index contributed by atoms with van der Waals surface area (Å²) in [6.45, 7) is 2.32. The highest BCUT2D eigenvalue weighted by atomic mass is 19.4. The van der Waals surface area contributed by atoms with Gasteiger partial charge in [-0.3, -0.25) is 0 Å². The zero-order valence-corrected chi connectivity index (χ0v) is 8.19. The molecule has 2 nitrogen and oxygen atoms in total. The minimum absolute atomic E-state index is 0.0174. The van der Waals surface area contributed by atoms with Gasteiger partial charge in [0, 0.05) is 0 Å². The van der Waals surface area contributed by atoms with Crippen LogP contribution in [0.4, 0.5) is 13.2 Å². The fourth-order valence-electron chi connectivity index (χ4n) is 1.67. The van der Waals surface area contributed by atoms with Crippen LogP contribution in [0.3, 0.4) is 0 Å². The molecule has 5 heteroatoms. The van der Waals surface area contributed by atoms with Crippen LogP contribution < -0.4 is 5.73 Å². The van der Waals surface area contributed by atoms with Crippen molar-refractivity contribution in [1.82, 2.24) is 4.90 Å². The maximum atomic E-state index is 12.1. The lowest BCUT2D eigenvalue weighted by molar-refractivity contribution is -0.149. The van der Waals surface area contributed by atoms with Gasteiger partial charge < -0.3 is 10.6 Å². The average molecular weight is 210 g/mol. The summed E-state index contributed by atoms with van der Waals surface area (Å²) in [5.41, 5.74) is 5.02. The number of halogens is 3. The third-order valence-corrected chi connectivity index (χ3v) is 2.63. The number of nitrogens with two attached hydrogens (primary N) is 1. The van der Waals surface area contributed by atoms with Crippen molar-refractivity contribution in [1.29, 1.82) is 0 Å². The summed E-state index contributed by atoms with van der Waals surface area (Å²) >= 11 is 0. The van der Waals surface area contributed by atoms with Crippen LogP contribution in [0.2, 0.25) is 0 Å². The number of hydrogen-bond donors (Lipinski definition) is 1. The monoisotopic (exact) mass is 210 g/mol. The van der Waals surface area contributed by atoms with E-state index >= 15 is 0 Å². The van der Waals surface area contributed by atoms with Gasteiger partial charge in [0.25, 0.3) is 0 Å². The van der Waals surface area contributed by atoms with Gasteiger partial charge >= 0.3 is 6.18 Å². The Morgan fingerprint density at radius 2 is 1.71 bits per heavy atom. The summed E-state index contributed by atoms with van der Waals surface area (Å²) in [5.74, 6) is 0. The van der Waals surface area contributed by atoms with Crippen molar-refractivity contribution in [2.45, 2.75) is 37.9 Å². The third kappa shape index (κ3) is 3.84. The van der Waals surface area contributed by atoms with Gasteiger partial charge in [0.2, 0.25) is 0 Å². The Morgan fingerprint density at radius 3 is 2.21 bits per heavy atom. The standard InChI is InChI=1S/C9H17F3N2/c10-9(11,12)8(13)4-7-14-5-2-1-3-6-14/h8H,1-7,13H2. The Kier molecular flexibility index (Phi) is 4.19. The smallest absolute Gasteiger partial charge is 0.320 e. The number of rotatable bonds is 3. The molecule has 84 valence electrons. The summed E-state index contributed by atoms with van der Waals surface area (Å²) in [7, 11) is 0. The van der Waals surface area contributed by atoms with Gasteiger partial charge in [-0.25, -0.2) is 0 Å². The summed E-state index contributed by atoms with van der Waals surface area (Å²) in [4.78, 5) is 2.06. The van der Waals surface area contributed by atoms with E-state index in [1.54, 1.807) is 0 Å². The van der Waals surface area contributed by atoms with Crippen LogP contribution in [0.1, 0.15) is 25.7 Å². The summed E-state index contributed by atoms with van der Waals surface area (Å²) in [6, 6.07) is -1.66. The maximum absolute atomic E-state index is 12.1. The number of likely N-dealkylation sites (tertiary alicyclic amines) is 1. The van der Waals surface area contributed by atoms with Crippen LogP contribution in [0.5, 0.6) is 0 Å². The summed E-state index contributed by atoms with van der Waals surface area (Å²) < 4.78 is 36.2. The molecule has 0 aromatic carbocycles. The molecule has 1 rings (SSSR count). The van der Waals surface area contributed by atoms with Crippen molar-refractivity contribution in [2.24, 2.45) is 5.73 Å². The highest BCUT2D eigenvalue weighted by Crippen LogP contribution is 2.21. The highest BCUT2D eigenvalue weighted by molar-refractivity contribution is 4.73. The van der Waals surface area contributed by atoms with Crippen molar-refractivity contribution in [3.05, 3.63) is 0 Å². The molecule has 0 radical (unpaired) electrons. The molecule has 1 saturated heterocycles. The van der Waals surface area contributed by atoms with Gasteiger partial charge in [-0.15, -0.1) is 0 Å². The molecule has 1 fully saturated rings. The number of piperidine rings is 1. The van der Waals surface area contributed by atoms with Gasteiger partial charge in [-0.1, -0.05) is 6.42 Å². The summed E-state index contributed by atoms with van der Waals surface area (Å²) in [6.07, 6.45) is -0.830. The molecule has 0 spiro atoms. The van der Waals surface area contributed by atoms with E-state index in [9.17, 15) is 13.2 Å². The van der Waals surface area contributed by atoms with E-state index < -0.39 is 12.2 Å². The van der Waals surface area contributed by atoms with Crippen LogP contribution in [0.25, 0.3) is 0 Å². The van der Waals surface area contributed by atoms with Crippen LogP contribution in [0, 0.1) is 0 Å². The molecule has 0 aliphatic carbocycles. The first-order valence-electron chi connectivity index (χ1n) is 5.05. The maximum Gasteiger partial charge on any atom is 0.403 e. The topological polar surface area (TPSA) is 29.3 Å². The van der Waals surface area contributed by atoms with Crippen LogP contribution >= 0.6 is 0 Å². The number of alkyl halides is 3. The van der Waals surface area contributed by atoms with Gasteiger partial charge in [0.05, 0.1) is 0 Å². The molecular weight excluding hydrogens is 193 g/mol. The fourth-order valence-corrected chi connectivity index (χ4v) is 1.67. The predicted octanol–water partition coefficient (Wildman–Crippen LogP) is 1.75. The molecule has 0 saturated carbocycles. The van der Waals surface area contributed by atoms with Gasteiger partial charge in [-0.2, -0.15) is 13.2 Å². The average Bonchev–Trinajstić information content (AvgIpc) is 2.14. The van der Waals surface area contributed by atoms with Crippen molar-refractivity contribution < 1.29 is 13.2 Å². The molecule has 14 heavy (non-hydrogen) atoms. The molecule has 0 amide bonds. The van der Waals surface area contributed by atoms with E-state index in [-0.39, 0.29) is 6.42 Å². The lowest BCUT2D eigenvalue weighted by Gasteiger charge is -2.27. The van der Waals surface area contributed by atoms with Crippen LogP contribution in [-0.2, 0) is 0 Å². The molecule has 1 unspecified atom stereocenters. The first kappa shape index (κ1) is 11.8. The molecule has 0 aromatic rings.